The van der Waals surface area contributed by atoms with Crippen LogP contribution in [-0.4, -0.2) is 54.3 Å². The minimum absolute atomic E-state index is 0.000967. The number of nitrogens with zero attached hydrogens (tertiary/aromatic N) is 2. The van der Waals surface area contributed by atoms with Crippen LogP contribution < -0.4 is 5.32 Å². The van der Waals surface area contributed by atoms with Gasteiger partial charge in [-0.1, -0.05) is 12.1 Å². The third-order valence-electron chi connectivity index (χ3n) is 6.12. The maximum Gasteiger partial charge on any atom is 0.266 e. The zero-order valence-electron chi connectivity index (χ0n) is 17.1. The van der Waals surface area contributed by atoms with E-state index in [1.54, 1.807) is 29.8 Å². The first-order valence-corrected chi connectivity index (χ1v) is 10.0. The van der Waals surface area contributed by atoms with E-state index in [1.807, 2.05) is 0 Å². The van der Waals surface area contributed by atoms with Gasteiger partial charge in [-0.3, -0.25) is 9.59 Å². The molecule has 2 amide bonds. The van der Waals surface area contributed by atoms with Crippen LogP contribution in [-0.2, 0) is 9.59 Å². The Hall–Kier alpha value is -2.09. The summed E-state index contributed by atoms with van der Waals surface area (Å²) in [5.41, 5.74) is 0.372. The summed E-state index contributed by atoms with van der Waals surface area (Å²) in [5.74, 6) is -0.857. The summed E-state index contributed by atoms with van der Waals surface area (Å²) in [6.07, 6.45) is -1.26. The molecule has 29 heavy (non-hydrogen) atoms. The lowest BCUT2D eigenvalue weighted by molar-refractivity contribution is -0.130. The molecule has 0 saturated carbocycles. The molecule has 2 fully saturated rings. The van der Waals surface area contributed by atoms with E-state index in [0.717, 1.165) is 0 Å². The molecule has 2 aliphatic rings. The monoisotopic (exact) mass is 411 g/mol. The smallest absolute Gasteiger partial charge is 0.266 e. The van der Waals surface area contributed by atoms with Gasteiger partial charge in [0.25, 0.3) is 6.43 Å². The van der Waals surface area contributed by atoms with Crippen molar-refractivity contribution in [3.05, 3.63) is 34.6 Å². The maximum atomic E-state index is 15.2. The normalized spacial score (nSPS) is 21.9. The predicted octanol–water partition coefficient (Wildman–Crippen LogP) is 3.37. The van der Waals surface area contributed by atoms with Crippen molar-refractivity contribution in [2.24, 2.45) is 0 Å². The van der Waals surface area contributed by atoms with Gasteiger partial charge in [-0.2, -0.15) is 0 Å². The lowest BCUT2D eigenvalue weighted by Gasteiger charge is -2.34. The summed E-state index contributed by atoms with van der Waals surface area (Å²) in [6, 6.07) is 2.12. The lowest BCUT2D eigenvalue weighted by Crippen LogP contribution is -2.37. The highest BCUT2D eigenvalue weighted by atomic mass is 19.3. The van der Waals surface area contributed by atoms with Crippen LogP contribution in [0.5, 0.6) is 0 Å². The molecule has 1 aromatic carbocycles. The van der Waals surface area contributed by atoms with Gasteiger partial charge in [0.05, 0.1) is 5.56 Å². The van der Waals surface area contributed by atoms with E-state index in [4.69, 9.17) is 0 Å². The highest BCUT2D eigenvalue weighted by Crippen LogP contribution is 2.37. The first-order chi connectivity index (χ1) is 13.7. The third-order valence-corrected chi connectivity index (χ3v) is 6.12. The molecule has 1 N–H and O–H groups in total. The van der Waals surface area contributed by atoms with Crippen molar-refractivity contribution in [1.82, 2.24) is 15.1 Å². The fraction of sp³-hybridized carbons (Fsp3) is 0.619. The van der Waals surface area contributed by atoms with Gasteiger partial charge in [0, 0.05) is 57.7 Å². The summed E-state index contributed by atoms with van der Waals surface area (Å²) in [4.78, 5) is 26.7. The molecule has 3 rings (SSSR count). The molecule has 0 aliphatic carbocycles. The number of hydrogen-bond donors (Lipinski definition) is 1. The molecule has 8 heteroatoms. The largest absolute Gasteiger partial charge is 0.344 e. The number of piperidine rings is 1. The number of likely N-dealkylation sites (tertiary alicyclic amines) is 2. The molecular weight excluding hydrogens is 383 g/mol. The number of amides is 2. The highest BCUT2D eigenvalue weighted by Gasteiger charge is 2.32. The third kappa shape index (κ3) is 4.57. The van der Waals surface area contributed by atoms with Crippen molar-refractivity contribution < 1.29 is 22.8 Å². The molecule has 0 aromatic heterocycles. The van der Waals surface area contributed by atoms with E-state index in [9.17, 15) is 18.4 Å². The summed E-state index contributed by atoms with van der Waals surface area (Å²) in [7, 11) is 1.71. The van der Waals surface area contributed by atoms with E-state index in [0.29, 0.717) is 44.5 Å². The molecule has 160 valence electrons. The van der Waals surface area contributed by atoms with Crippen molar-refractivity contribution in [3.63, 3.8) is 0 Å². The summed E-state index contributed by atoms with van der Waals surface area (Å²) < 4.78 is 41.8. The zero-order valence-corrected chi connectivity index (χ0v) is 17.1. The highest BCUT2D eigenvalue weighted by molar-refractivity contribution is 5.78. The van der Waals surface area contributed by atoms with Crippen LogP contribution >= 0.6 is 0 Å². The Morgan fingerprint density at radius 3 is 2.41 bits per heavy atom. The van der Waals surface area contributed by atoms with Gasteiger partial charge in [0.15, 0.2) is 0 Å². The Balaban J connectivity index is 1.87. The Morgan fingerprint density at radius 2 is 1.90 bits per heavy atom. The number of halogens is 3. The molecule has 2 aliphatic heterocycles. The van der Waals surface area contributed by atoms with E-state index < -0.39 is 23.8 Å². The van der Waals surface area contributed by atoms with Gasteiger partial charge >= 0.3 is 0 Å². The summed E-state index contributed by atoms with van der Waals surface area (Å²) in [5, 5.41) is 3.26. The Morgan fingerprint density at radius 1 is 1.24 bits per heavy atom. The van der Waals surface area contributed by atoms with Crippen LogP contribution in [0.15, 0.2) is 12.1 Å². The number of alkyl halides is 2. The minimum atomic E-state index is -2.89. The average Bonchev–Trinajstić information content (AvgIpc) is 2.98. The molecule has 5 nitrogen and oxygen atoms in total. The van der Waals surface area contributed by atoms with Crippen LogP contribution in [0.1, 0.15) is 68.2 Å². The fourth-order valence-electron chi connectivity index (χ4n) is 4.51. The second-order valence-corrected chi connectivity index (χ2v) is 8.12. The van der Waals surface area contributed by atoms with Crippen molar-refractivity contribution in [2.75, 3.05) is 26.7 Å². The van der Waals surface area contributed by atoms with Crippen LogP contribution in [0.4, 0.5) is 13.2 Å². The molecule has 2 heterocycles. The van der Waals surface area contributed by atoms with Crippen molar-refractivity contribution in [3.8, 4) is 0 Å². The Bertz CT molecular complexity index is 779. The number of carbonyl (C=O) groups is 2. The quantitative estimate of drug-likeness (QED) is 0.808. The van der Waals surface area contributed by atoms with Gasteiger partial charge in [-0.05, 0) is 31.2 Å². The van der Waals surface area contributed by atoms with Gasteiger partial charge in [0.2, 0.25) is 11.8 Å². The molecule has 1 aromatic rings. The topological polar surface area (TPSA) is 52.7 Å². The van der Waals surface area contributed by atoms with Crippen LogP contribution in [0, 0.1) is 5.82 Å². The van der Waals surface area contributed by atoms with Crippen molar-refractivity contribution in [1.29, 1.82) is 0 Å². The minimum Gasteiger partial charge on any atom is -0.344 e. The van der Waals surface area contributed by atoms with E-state index >= 15 is 4.39 Å². The van der Waals surface area contributed by atoms with Gasteiger partial charge in [-0.25, -0.2) is 13.2 Å². The Labute approximate surface area is 169 Å². The second-order valence-electron chi connectivity index (χ2n) is 8.12. The maximum absolute atomic E-state index is 15.2. The van der Waals surface area contributed by atoms with E-state index in [-0.39, 0.29) is 29.3 Å². The SMILES string of the molecule is CC(=O)N1CCC(c2ccc(C(F)F)c(F)c2C(C)N[C@@H]2CC(=O)N(C)C2)CC1. The molecular formula is C21H28F3N3O2. The number of benzene rings is 1. The van der Waals surface area contributed by atoms with Crippen LogP contribution in [0.2, 0.25) is 0 Å². The zero-order chi connectivity index (χ0) is 21.3. The van der Waals surface area contributed by atoms with Gasteiger partial charge in [-0.15, -0.1) is 0 Å². The Kier molecular flexibility index (Phi) is 6.51. The molecule has 0 spiro atoms. The number of hydrogen-bond acceptors (Lipinski definition) is 3. The number of carbonyl (C=O) groups excluding carboxylic acids is 2. The molecule has 1 unspecified atom stereocenters. The van der Waals surface area contributed by atoms with Gasteiger partial charge in [0.1, 0.15) is 5.82 Å². The van der Waals surface area contributed by atoms with Crippen molar-refractivity contribution >= 4 is 11.8 Å². The van der Waals surface area contributed by atoms with Crippen LogP contribution in [0.3, 0.4) is 0 Å². The van der Waals surface area contributed by atoms with Gasteiger partial charge < -0.3 is 15.1 Å². The standard InChI is InChI=1S/C21H28F3N3O2/c1-12(25-15-10-18(29)26(3)11-15)19-16(4-5-17(20(19)22)21(23)24)14-6-8-27(9-7-14)13(2)28/h4-5,12,14-15,21,25H,6-11H2,1-3H3/t12?,15-/m1/s1. The molecule has 0 bridgehead atoms. The van der Waals surface area contributed by atoms with E-state index in [2.05, 4.69) is 5.32 Å². The molecule has 0 radical (unpaired) electrons. The average molecular weight is 411 g/mol. The summed E-state index contributed by atoms with van der Waals surface area (Å²) in [6.45, 7) is 4.92. The molecule has 2 atom stereocenters. The lowest BCUT2D eigenvalue weighted by atomic mass is 9.83. The number of likely N-dealkylation sites (N-methyl/N-ethyl adjacent to an activating group) is 1. The predicted molar refractivity (Wildman–Crippen MR) is 103 cm³/mol. The first-order valence-electron chi connectivity index (χ1n) is 10.0. The van der Waals surface area contributed by atoms with E-state index in [1.165, 1.54) is 13.0 Å². The number of nitrogens with one attached hydrogen (secondary N) is 1. The number of rotatable bonds is 5. The molecule has 2 saturated heterocycles. The summed E-state index contributed by atoms with van der Waals surface area (Å²) >= 11 is 0. The van der Waals surface area contributed by atoms with Crippen LogP contribution in [0.25, 0.3) is 0 Å². The van der Waals surface area contributed by atoms with Crippen molar-refractivity contribution in [2.45, 2.75) is 57.5 Å². The second kappa shape index (κ2) is 8.73. The fourth-order valence-corrected chi connectivity index (χ4v) is 4.51. The first kappa shape index (κ1) is 21.6.